The monoisotopic (exact) mass is 591 g/mol. The number of nitrogens with zero attached hydrogens (tertiary/aromatic N) is 3. The summed E-state index contributed by atoms with van der Waals surface area (Å²) in [5.41, 5.74) is 1.96. The molecule has 3 heterocycles. The van der Waals surface area contributed by atoms with Gasteiger partial charge in [-0.05, 0) is 68.4 Å². The molecule has 3 fully saturated rings. The highest BCUT2D eigenvalue weighted by Gasteiger charge is 2.51. The molecule has 0 spiro atoms. The number of hydrogen-bond acceptors (Lipinski definition) is 8. The second-order valence-electron chi connectivity index (χ2n) is 13.4. The number of benzene rings is 1. The first-order valence-electron chi connectivity index (χ1n) is 16.3. The Balaban J connectivity index is 1.36. The SMILES string of the molecule is CC[C@@H]1[C@@H]2CN(C(=O)[C@H](C3(C)CCCC3)CC(=O)O[C@@H]3C[C@H]3CCCCCc3nc4ccc(OC)cc4nc3O2)[C@@H]1C=O. The summed E-state index contributed by atoms with van der Waals surface area (Å²) in [7, 11) is 1.62. The van der Waals surface area contributed by atoms with E-state index in [0.29, 0.717) is 29.5 Å². The number of amides is 1. The maximum Gasteiger partial charge on any atom is 0.306 e. The van der Waals surface area contributed by atoms with Gasteiger partial charge in [-0.1, -0.05) is 39.5 Å². The summed E-state index contributed by atoms with van der Waals surface area (Å²) in [4.78, 5) is 51.8. The standard InChI is InChI=1S/C34H45N3O6/c1-4-23-28(20-38)37-19-30(23)43-32-26(35-25-13-12-22(41-3)17-27(25)36-32)11-7-5-6-10-21-16-29(21)42-31(39)18-24(33(37)40)34(2)14-8-9-15-34/h12-13,17,20-21,23-24,28-30H,4-11,14-16,18-19H2,1-3H3/t21-,23+,24-,28-,29-,30+/m1/s1. The van der Waals surface area contributed by atoms with Crippen LogP contribution < -0.4 is 9.47 Å². The number of esters is 1. The fourth-order valence-corrected chi connectivity index (χ4v) is 7.81. The third kappa shape index (κ3) is 6.09. The highest BCUT2D eigenvalue weighted by Crippen LogP contribution is 2.48. The number of rotatable bonds is 4. The molecule has 1 aromatic carbocycles. The Morgan fingerprint density at radius 3 is 2.60 bits per heavy atom. The molecule has 1 amide bonds. The molecule has 0 N–H and O–H groups in total. The number of methoxy groups -OCH3 is 1. The lowest BCUT2D eigenvalue weighted by Gasteiger charge is -2.36. The van der Waals surface area contributed by atoms with Gasteiger partial charge in [-0.25, -0.2) is 9.97 Å². The molecule has 0 radical (unpaired) electrons. The van der Waals surface area contributed by atoms with Crippen LogP contribution in [0, 0.1) is 23.2 Å². The average molecular weight is 592 g/mol. The van der Waals surface area contributed by atoms with E-state index in [-0.39, 0.29) is 42.3 Å². The third-order valence-corrected chi connectivity index (χ3v) is 10.6. The number of aryl methyl sites for hydroxylation is 1. The van der Waals surface area contributed by atoms with Crippen molar-refractivity contribution < 1.29 is 28.6 Å². The van der Waals surface area contributed by atoms with Gasteiger partial charge in [0, 0.05) is 12.0 Å². The Morgan fingerprint density at radius 1 is 1.05 bits per heavy atom. The van der Waals surface area contributed by atoms with Crippen molar-refractivity contribution in [1.82, 2.24) is 14.9 Å². The van der Waals surface area contributed by atoms with Crippen molar-refractivity contribution >= 4 is 29.2 Å². The molecule has 9 nitrogen and oxygen atoms in total. The summed E-state index contributed by atoms with van der Waals surface area (Å²) in [6.07, 6.45) is 10.7. The molecule has 0 unspecified atom stereocenters. The summed E-state index contributed by atoms with van der Waals surface area (Å²) < 4.78 is 18.0. The Morgan fingerprint density at radius 2 is 1.86 bits per heavy atom. The molecule has 2 saturated carbocycles. The first kappa shape index (κ1) is 29.8. The molecule has 6 atom stereocenters. The summed E-state index contributed by atoms with van der Waals surface area (Å²) in [6, 6.07) is 5.02. The number of aldehydes is 1. The van der Waals surface area contributed by atoms with Gasteiger partial charge in [-0.3, -0.25) is 9.59 Å². The molecule has 2 bridgehead atoms. The molecule has 2 aliphatic carbocycles. The van der Waals surface area contributed by atoms with Crippen molar-refractivity contribution in [2.75, 3.05) is 13.7 Å². The van der Waals surface area contributed by atoms with Crippen LogP contribution in [0.4, 0.5) is 0 Å². The van der Waals surface area contributed by atoms with Crippen molar-refractivity contribution in [3.05, 3.63) is 23.9 Å². The first-order valence-corrected chi connectivity index (χ1v) is 16.3. The number of fused-ring (bicyclic) bond motifs is 5. The zero-order valence-corrected chi connectivity index (χ0v) is 25.8. The van der Waals surface area contributed by atoms with Crippen LogP contribution in [-0.4, -0.2) is 64.9 Å². The lowest BCUT2D eigenvalue weighted by molar-refractivity contribution is -0.154. The number of carbonyl (C=O) groups is 3. The first-order chi connectivity index (χ1) is 20.8. The van der Waals surface area contributed by atoms with Crippen molar-refractivity contribution in [2.24, 2.45) is 23.2 Å². The Labute approximate surface area is 254 Å². The van der Waals surface area contributed by atoms with E-state index < -0.39 is 18.1 Å². The molecule has 1 aromatic heterocycles. The van der Waals surface area contributed by atoms with Gasteiger partial charge in [0.2, 0.25) is 11.8 Å². The fraction of sp³-hybridized carbons (Fsp3) is 0.676. The molecular weight excluding hydrogens is 546 g/mol. The smallest absolute Gasteiger partial charge is 0.306 e. The summed E-state index contributed by atoms with van der Waals surface area (Å²) >= 11 is 0. The van der Waals surface area contributed by atoms with Gasteiger partial charge in [-0.2, -0.15) is 0 Å². The lowest BCUT2D eigenvalue weighted by Crippen LogP contribution is -2.47. The minimum atomic E-state index is -0.627. The van der Waals surface area contributed by atoms with Crippen molar-refractivity contribution in [3.8, 4) is 11.6 Å². The van der Waals surface area contributed by atoms with E-state index in [1.54, 1.807) is 12.0 Å². The van der Waals surface area contributed by atoms with Crippen LogP contribution in [0.25, 0.3) is 11.0 Å². The molecule has 9 heteroatoms. The number of ether oxygens (including phenoxy) is 3. The summed E-state index contributed by atoms with van der Waals surface area (Å²) in [5, 5.41) is 0. The van der Waals surface area contributed by atoms with Gasteiger partial charge in [-0.15, -0.1) is 0 Å². The van der Waals surface area contributed by atoms with Crippen molar-refractivity contribution in [1.29, 1.82) is 0 Å². The predicted molar refractivity (Wildman–Crippen MR) is 161 cm³/mol. The fourth-order valence-electron chi connectivity index (χ4n) is 7.81. The minimum absolute atomic E-state index is 0.0368. The zero-order valence-electron chi connectivity index (χ0n) is 25.8. The maximum absolute atomic E-state index is 14.4. The second-order valence-corrected chi connectivity index (χ2v) is 13.4. The summed E-state index contributed by atoms with van der Waals surface area (Å²) in [6.45, 7) is 4.42. The topological polar surface area (TPSA) is 108 Å². The molecular formula is C34H45N3O6. The molecule has 1 saturated heterocycles. The van der Waals surface area contributed by atoms with Gasteiger partial charge < -0.3 is 23.9 Å². The largest absolute Gasteiger partial charge is 0.497 e. The minimum Gasteiger partial charge on any atom is -0.497 e. The second kappa shape index (κ2) is 12.4. The number of carbonyl (C=O) groups excluding carboxylic acids is 3. The quantitative estimate of drug-likeness (QED) is 0.341. The Bertz CT molecular complexity index is 1360. The molecule has 6 rings (SSSR count). The van der Waals surface area contributed by atoms with Crippen molar-refractivity contribution in [2.45, 2.75) is 109 Å². The van der Waals surface area contributed by atoms with Crippen LogP contribution in [0.2, 0.25) is 0 Å². The van der Waals surface area contributed by atoms with Gasteiger partial charge in [0.25, 0.3) is 0 Å². The highest BCUT2D eigenvalue weighted by molar-refractivity contribution is 5.87. The number of aromatic nitrogens is 2. The molecule has 232 valence electrons. The van der Waals surface area contributed by atoms with E-state index in [1.165, 1.54) is 0 Å². The average Bonchev–Trinajstić information content (AvgIpc) is 3.40. The zero-order chi connectivity index (χ0) is 30.1. The van der Waals surface area contributed by atoms with Crippen LogP contribution >= 0.6 is 0 Å². The van der Waals surface area contributed by atoms with E-state index in [0.717, 1.165) is 81.7 Å². The predicted octanol–water partition coefficient (Wildman–Crippen LogP) is 5.46. The molecule has 4 aliphatic rings. The van der Waals surface area contributed by atoms with Gasteiger partial charge in [0.15, 0.2) is 0 Å². The molecule has 2 aromatic rings. The van der Waals surface area contributed by atoms with E-state index in [2.05, 4.69) is 6.92 Å². The van der Waals surface area contributed by atoms with Crippen LogP contribution in [0.5, 0.6) is 11.6 Å². The highest BCUT2D eigenvalue weighted by atomic mass is 16.5. The van der Waals surface area contributed by atoms with Gasteiger partial charge in [0.1, 0.15) is 29.9 Å². The van der Waals surface area contributed by atoms with Crippen LogP contribution in [-0.2, 0) is 25.5 Å². The van der Waals surface area contributed by atoms with Crippen molar-refractivity contribution in [3.63, 3.8) is 0 Å². The lowest BCUT2D eigenvalue weighted by atomic mass is 9.73. The Kier molecular flexibility index (Phi) is 8.60. The van der Waals surface area contributed by atoms with Gasteiger partial charge in [0.05, 0.1) is 43.1 Å². The molecule has 43 heavy (non-hydrogen) atoms. The van der Waals surface area contributed by atoms with Gasteiger partial charge >= 0.3 is 5.97 Å². The number of hydrogen-bond donors (Lipinski definition) is 0. The van der Waals surface area contributed by atoms with E-state index in [9.17, 15) is 14.4 Å². The normalized spacial score (nSPS) is 31.3. The van der Waals surface area contributed by atoms with E-state index in [4.69, 9.17) is 24.2 Å². The maximum atomic E-state index is 14.4. The Hall–Kier alpha value is -3.23. The van der Waals surface area contributed by atoms with Crippen LogP contribution in [0.1, 0.15) is 90.2 Å². The third-order valence-electron chi connectivity index (χ3n) is 10.6. The summed E-state index contributed by atoms with van der Waals surface area (Å²) in [5.74, 6) is 0.415. The van der Waals surface area contributed by atoms with E-state index >= 15 is 0 Å². The van der Waals surface area contributed by atoms with Crippen LogP contribution in [0.3, 0.4) is 0 Å². The molecule has 2 aliphatic heterocycles. The van der Waals surface area contributed by atoms with Crippen LogP contribution in [0.15, 0.2) is 18.2 Å². The van der Waals surface area contributed by atoms with E-state index in [1.807, 2.05) is 25.1 Å².